The first-order valence-electron chi connectivity index (χ1n) is 7.98. The Morgan fingerprint density at radius 1 is 1.05 bits per heavy atom. The monoisotopic (exact) mass is 306 g/mol. The van der Waals surface area contributed by atoms with Crippen molar-refractivity contribution in [2.75, 3.05) is 6.61 Å². The SMILES string of the molecule is CCCCOC(=O)c1ccccc1C(=O)OC(CC)C(C)C. The average molecular weight is 306 g/mol. The Bertz CT molecular complexity index is 494. The fourth-order valence-corrected chi connectivity index (χ4v) is 2.12. The number of hydrogen-bond acceptors (Lipinski definition) is 4. The van der Waals surface area contributed by atoms with Gasteiger partial charge in [0.1, 0.15) is 6.10 Å². The molecule has 0 radical (unpaired) electrons. The molecule has 0 spiro atoms. The van der Waals surface area contributed by atoms with Crippen LogP contribution in [0.5, 0.6) is 0 Å². The van der Waals surface area contributed by atoms with E-state index in [0.717, 1.165) is 19.3 Å². The molecule has 22 heavy (non-hydrogen) atoms. The lowest BCUT2D eigenvalue weighted by atomic mass is 10.0. The van der Waals surface area contributed by atoms with Crippen LogP contribution in [0.1, 0.15) is 67.7 Å². The van der Waals surface area contributed by atoms with Crippen molar-refractivity contribution in [2.45, 2.75) is 53.1 Å². The van der Waals surface area contributed by atoms with E-state index < -0.39 is 11.9 Å². The molecule has 1 atom stereocenters. The summed E-state index contributed by atoms with van der Waals surface area (Å²) in [7, 11) is 0. The molecular weight excluding hydrogens is 280 g/mol. The van der Waals surface area contributed by atoms with Crippen LogP contribution in [0.4, 0.5) is 0 Å². The number of rotatable bonds is 8. The molecule has 4 heteroatoms. The first kappa shape index (κ1) is 18.2. The van der Waals surface area contributed by atoms with Crippen molar-refractivity contribution in [3.05, 3.63) is 35.4 Å². The van der Waals surface area contributed by atoms with Crippen LogP contribution >= 0.6 is 0 Å². The topological polar surface area (TPSA) is 52.6 Å². The molecule has 122 valence electrons. The van der Waals surface area contributed by atoms with Gasteiger partial charge in [-0.15, -0.1) is 0 Å². The van der Waals surface area contributed by atoms with E-state index in [1.54, 1.807) is 24.3 Å². The van der Waals surface area contributed by atoms with Gasteiger partial charge in [0, 0.05) is 0 Å². The van der Waals surface area contributed by atoms with Gasteiger partial charge in [0.25, 0.3) is 0 Å². The molecule has 0 heterocycles. The van der Waals surface area contributed by atoms with Gasteiger partial charge < -0.3 is 9.47 Å². The summed E-state index contributed by atoms with van der Waals surface area (Å²) in [5.41, 5.74) is 0.533. The Hall–Kier alpha value is -1.84. The normalized spacial score (nSPS) is 12.0. The van der Waals surface area contributed by atoms with Crippen molar-refractivity contribution in [1.82, 2.24) is 0 Å². The summed E-state index contributed by atoms with van der Waals surface area (Å²) in [5, 5.41) is 0. The first-order chi connectivity index (χ1) is 10.5. The molecule has 1 rings (SSSR count). The third kappa shape index (κ3) is 5.17. The van der Waals surface area contributed by atoms with E-state index in [0.29, 0.717) is 6.61 Å². The summed E-state index contributed by atoms with van der Waals surface area (Å²) in [5.74, 6) is -0.709. The highest BCUT2D eigenvalue weighted by molar-refractivity contribution is 6.03. The van der Waals surface area contributed by atoms with E-state index >= 15 is 0 Å². The zero-order chi connectivity index (χ0) is 16.5. The average Bonchev–Trinajstić information content (AvgIpc) is 2.52. The van der Waals surface area contributed by atoms with Gasteiger partial charge in [-0.05, 0) is 30.9 Å². The van der Waals surface area contributed by atoms with Gasteiger partial charge >= 0.3 is 11.9 Å². The summed E-state index contributed by atoms with van der Waals surface area (Å²) in [4.78, 5) is 24.4. The maximum Gasteiger partial charge on any atom is 0.339 e. The standard InChI is InChI=1S/C18H26O4/c1-5-7-12-21-17(19)14-10-8-9-11-15(14)18(20)22-16(6-2)13(3)4/h8-11,13,16H,5-7,12H2,1-4H3. The van der Waals surface area contributed by atoms with E-state index in [9.17, 15) is 9.59 Å². The van der Waals surface area contributed by atoms with Crippen molar-refractivity contribution in [1.29, 1.82) is 0 Å². The maximum absolute atomic E-state index is 12.3. The van der Waals surface area contributed by atoms with Crippen molar-refractivity contribution in [3.63, 3.8) is 0 Å². The van der Waals surface area contributed by atoms with E-state index in [1.165, 1.54) is 0 Å². The van der Waals surface area contributed by atoms with Crippen LogP contribution in [-0.2, 0) is 9.47 Å². The minimum atomic E-state index is -0.474. The van der Waals surface area contributed by atoms with Crippen LogP contribution in [-0.4, -0.2) is 24.6 Å². The molecule has 1 unspecified atom stereocenters. The summed E-state index contributed by atoms with van der Waals surface area (Å²) in [6, 6.07) is 6.63. The zero-order valence-corrected chi connectivity index (χ0v) is 13.9. The molecular formula is C18H26O4. The number of hydrogen-bond donors (Lipinski definition) is 0. The number of unbranched alkanes of at least 4 members (excludes halogenated alkanes) is 1. The molecule has 0 aliphatic heterocycles. The Balaban J connectivity index is 2.86. The lowest BCUT2D eigenvalue weighted by Gasteiger charge is -2.20. The number of carbonyl (C=O) groups is 2. The number of ether oxygens (including phenoxy) is 2. The quantitative estimate of drug-likeness (QED) is 0.532. The minimum absolute atomic E-state index is 0.156. The van der Waals surface area contributed by atoms with Crippen molar-refractivity contribution < 1.29 is 19.1 Å². The molecule has 0 aliphatic carbocycles. The van der Waals surface area contributed by atoms with Crippen molar-refractivity contribution in [2.24, 2.45) is 5.92 Å². The highest BCUT2D eigenvalue weighted by Gasteiger charge is 2.22. The summed E-state index contributed by atoms with van der Waals surface area (Å²) in [6.45, 7) is 8.37. The highest BCUT2D eigenvalue weighted by Crippen LogP contribution is 2.17. The predicted molar refractivity (Wildman–Crippen MR) is 86.0 cm³/mol. The molecule has 0 amide bonds. The van der Waals surface area contributed by atoms with Crippen LogP contribution < -0.4 is 0 Å². The third-order valence-electron chi connectivity index (χ3n) is 3.50. The third-order valence-corrected chi connectivity index (χ3v) is 3.50. The van der Waals surface area contributed by atoms with Crippen LogP contribution in [0.15, 0.2) is 24.3 Å². The molecule has 0 N–H and O–H groups in total. The van der Waals surface area contributed by atoms with Crippen molar-refractivity contribution in [3.8, 4) is 0 Å². The molecule has 4 nitrogen and oxygen atoms in total. The molecule has 0 fully saturated rings. The Kier molecular flexibility index (Phi) is 7.64. The molecule has 0 aliphatic rings. The summed E-state index contributed by atoms with van der Waals surface area (Å²) >= 11 is 0. The van der Waals surface area contributed by atoms with Gasteiger partial charge in [-0.1, -0.05) is 46.2 Å². The number of carbonyl (C=O) groups excluding carboxylic acids is 2. The number of esters is 2. The fourth-order valence-electron chi connectivity index (χ4n) is 2.12. The molecule has 1 aromatic carbocycles. The molecule has 0 bridgehead atoms. The zero-order valence-electron chi connectivity index (χ0n) is 13.9. The minimum Gasteiger partial charge on any atom is -0.462 e. The summed E-state index contributed by atoms with van der Waals surface area (Å²) < 4.78 is 10.7. The van der Waals surface area contributed by atoms with Gasteiger partial charge in [0.05, 0.1) is 17.7 Å². The van der Waals surface area contributed by atoms with Crippen molar-refractivity contribution >= 4 is 11.9 Å². The van der Waals surface area contributed by atoms with Gasteiger partial charge in [-0.25, -0.2) is 9.59 Å². The Labute approximate surface area is 132 Å². The van der Waals surface area contributed by atoms with Crippen LogP contribution in [0.25, 0.3) is 0 Å². The van der Waals surface area contributed by atoms with E-state index in [4.69, 9.17) is 9.47 Å². The van der Waals surface area contributed by atoms with E-state index in [1.807, 2.05) is 27.7 Å². The second-order valence-electron chi connectivity index (χ2n) is 5.63. The summed E-state index contributed by atoms with van der Waals surface area (Å²) in [6.07, 6.45) is 2.34. The van der Waals surface area contributed by atoms with E-state index in [2.05, 4.69) is 0 Å². The number of benzene rings is 1. The van der Waals surface area contributed by atoms with Gasteiger partial charge in [-0.2, -0.15) is 0 Å². The molecule has 1 aromatic rings. The molecule has 0 saturated heterocycles. The van der Waals surface area contributed by atoms with Gasteiger partial charge in [0.2, 0.25) is 0 Å². The van der Waals surface area contributed by atoms with Gasteiger partial charge in [0.15, 0.2) is 0 Å². The second kappa shape index (κ2) is 9.23. The molecule has 0 saturated carbocycles. The Morgan fingerprint density at radius 2 is 1.64 bits per heavy atom. The van der Waals surface area contributed by atoms with Gasteiger partial charge in [-0.3, -0.25) is 0 Å². The fraction of sp³-hybridized carbons (Fsp3) is 0.556. The largest absolute Gasteiger partial charge is 0.462 e. The smallest absolute Gasteiger partial charge is 0.339 e. The second-order valence-corrected chi connectivity index (χ2v) is 5.63. The van der Waals surface area contributed by atoms with Crippen LogP contribution in [0.3, 0.4) is 0 Å². The first-order valence-corrected chi connectivity index (χ1v) is 7.98. The maximum atomic E-state index is 12.3. The lowest BCUT2D eigenvalue weighted by Crippen LogP contribution is -2.24. The predicted octanol–water partition coefficient (Wildman–Crippen LogP) is 4.23. The molecule has 0 aromatic heterocycles. The van der Waals surface area contributed by atoms with Crippen LogP contribution in [0, 0.1) is 5.92 Å². The highest BCUT2D eigenvalue weighted by atomic mass is 16.5. The lowest BCUT2D eigenvalue weighted by molar-refractivity contribution is 0.0167. The Morgan fingerprint density at radius 3 is 2.14 bits per heavy atom. The van der Waals surface area contributed by atoms with E-state index in [-0.39, 0.29) is 23.1 Å². The van der Waals surface area contributed by atoms with Crippen LogP contribution in [0.2, 0.25) is 0 Å².